The van der Waals surface area contributed by atoms with Crippen molar-refractivity contribution in [3.05, 3.63) is 64.4 Å². The van der Waals surface area contributed by atoms with Gasteiger partial charge in [0.05, 0.1) is 10.5 Å². The molecule has 2 aromatic rings. The third-order valence-electron chi connectivity index (χ3n) is 3.82. The smallest absolute Gasteiger partial charge is 0.341 e. The van der Waals surface area contributed by atoms with E-state index < -0.39 is 27.4 Å². The number of carbonyl (C=O) groups is 1. The Kier molecular flexibility index (Phi) is 6.75. The third kappa shape index (κ3) is 4.41. The van der Waals surface area contributed by atoms with E-state index in [0.717, 1.165) is 18.2 Å². The van der Waals surface area contributed by atoms with Gasteiger partial charge in [-0.2, -0.15) is 4.31 Å². The van der Waals surface area contributed by atoms with Crippen LogP contribution in [-0.2, 0) is 21.4 Å². The van der Waals surface area contributed by atoms with Crippen LogP contribution in [-0.4, -0.2) is 31.8 Å². The molecule has 0 aliphatic heterocycles. The molecule has 0 aliphatic carbocycles. The minimum absolute atomic E-state index is 0.148. The monoisotopic (exact) mass is 399 g/mol. The molecular weight excluding hydrogens is 381 g/mol. The van der Waals surface area contributed by atoms with Crippen molar-refractivity contribution in [2.24, 2.45) is 0 Å². The molecule has 0 atom stereocenters. The summed E-state index contributed by atoms with van der Waals surface area (Å²) in [5, 5.41) is 0.415. The molecule has 2 aromatic carbocycles. The predicted octanol–water partition coefficient (Wildman–Crippen LogP) is 3.87. The van der Waals surface area contributed by atoms with Gasteiger partial charge in [0.15, 0.2) is 0 Å². The molecule has 0 heterocycles. The Morgan fingerprint density at radius 3 is 2.42 bits per heavy atom. The largest absolute Gasteiger partial charge is 0.457 e. The van der Waals surface area contributed by atoms with Gasteiger partial charge < -0.3 is 4.74 Å². The van der Waals surface area contributed by atoms with E-state index in [9.17, 15) is 17.6 Å². The van der Waals surface area contributed by atoms with Crippen LogP contribution in [0.2, 0.25) is 5.02 Å². The van der Waals surface area contributed by atoms with Gasteiger partial charge in [-0.05, 0) is 24.3 Å². The molecule has 0 radical (unpaired) electrons. The molecule has 0 N–H and O–H groups in total. The molecule has 8 heteroatoms. The topological polar surface area (TPSA) is 63.7 Å². The first-order valence-corrected chi connectivity index (χ1v) is 9.83. The molecule has 0 saturated carbocycles. The maximum absolute atomic E-state index is 14.0. The molecule has 0 fully saturated rings. The summed E-state index contributed by atoms with van der Waals surface area (Å²) in [5.41, 5.74) is 0.125. The van der Waals surface area contributed by atoms with Crippen molar-refractivity contribution >= 4 is 27.6 Å². The molecule has 0 spiro atoms. The summed E-state index contributed by atoms with van der Waals surface area (Å²) in [6.45, 7) is 3.78. The first kappa shape index (κ1) is 20.4. The van der Waals surface area contributed by atoms with Crippen LogP contribution in [0, 0.1) is 5.82 Å². The van der Waals surface area contributed by atoms with Crippen LogP contribution < -0.4 is 0 Å². The predicted molar refractivity (Wildman–Crippen MR) is 97.1 cm³/mol. The fourth-order valence-corrected chi connectivity index (χ4v) is 4.05. The van der Waals surface area contributed by atoms with Crippen LogP contribution in [0.4, 0.5) is 4.39 Å². The zero-order chi connectivity index (χ0) is 19.3. The normalized spacial score (nSPS) is 11.6. The molecule has 0 aliphatic rings. The lowest BCUT2D eigenvalue weighted by Gasteiger charge is -2.18. The van der Waals surface area contributed by atoms with Crippen molar-refractivity contribution in [3.63, 3.8) is 0 Å². The van der Waals surface area contributed by atoms with Crippen molar-refractivity contribution in [2.45, 2.75) is 25.3 Å². The highest BCUT2D eigenvalue weighted by atomic mass is 35.5. The van der Waals surface area contributed by atoms with Gasteiger partial charge >= 0.3 is 5.97 Å². The molecule has 0 saturated heterocycles. The Morgan fingerprint density at radius 2 is 1.81 bits per heavy atom. The Hall–Kier alpha value is -1.96. The summed E-state index contributed by atoms with van der Waals surface area (Å²) < 4.78 is 45.4. The number of benzene rings is 2. The van der Waals surface area contributed by atoms with Gasteiger partial charge in [-0.1, -0.05) is 43.6 Å². The summed E-state index contributed by atoms with van der Waals surface area (Å²) in [4.78, 5) is 12.1. The van der Waals surface area contributed by atoms with Crippen LogP contribution in [0.25, 0.3) is 0 Å². The summed E-state index contributed by atoms with van der Waals surface area (Å²) in [6.07, 6.45) is 0. The lowest BCUT2D eigenvalue weighted by atomic mass is 10.2. The number of halogens is 2. The number of hydrogen-bond donors (Lipinski definition) is 0. The molecule has 2 rings (SSSR count). The highest BCUT2D eigenvalue weighted by Gasteiger charge is 2.24. The zero-order valence-corrected chi connectivity index (χ0v) is 16.0. The first-order valence-electron chi connectivity index (χ1n) is 8.01. The van der Waals surface area contributed by atoms with E-state index >= 15 is 0 Å². The summed E-state index contributed by atoms with van der Waals surface area (Å²) >= 11 is 5.99. The number of rotatable bonds is 7. The number of nitrogens with zero attached hydrogens (tertiary/aromatic N) is 1. The highest BCUT2D eigenvalue weighted by molar-refractivity contribution is 7.89. The van der Waals surface area contributed by atoms with Crippen LogP contribution in [0.3, 0.4) is 0 Å². The van der Waals surface area contributed by atoms with Crippen LogP contribution in [0.15, 0.2) is 47.4 Å². The summed E-state index contributed by atoms with van der Waals surface area (Å²) in [5.74, 6) is -1.81. The van der Waals surface area contributed by atoms with E-state index in [2.05, 4.69) is 0 Å². The van der Waals surface area contributed by atoms with Gasteiger partial charge in [-0.3, -0.25) is 0 Å². The molecule has 0 amide bonds. The second kappa shape index (κ2) is 8.62. The molecular formula is C18H19ClFNO4S. The van der Waals surface area contributed by atoms with Gasteiger partial charge in [-0.25, -0.2) is 17.6 Å². The van der Waals surface area contributed by atoms with Gasteiger partial charge in [0.25, 0.3) is 0 Å². The number of sulfonamides is 1. The van der Waals surface area contributed by atoms with E-state index in [1.54, 1.807) is 38.1 Å². The number of carbonyl (C=O) groups excluding carboxylic acids is 1. The number of hydrogen-bond acceptors (Lipinski definition) is 4. The van der Waals surface area contributed by atoms with E-state index in [1.807, 2.05) is 0 Å². The average molecular weight is 400 g/mol. The van der Waals surface area contributed by atoms with E-state index in [0.29, 0.717) is 10.6 Å². The minimum atomic E-state index is -3.81. The molecule has 0 unspecified atom stereocenters. The van der Waals surface area contributed by atoms with Crippen molar-refractivity contribution in [2.75, 3.05) is 13.1 Å². The average Bonchev–Trinajstić information content (AvgIpc) is 2.61. The summed E-state index contributed by atoms with van der Waals surface area (Å²) in [6, 6.07) is 9.85. The van der Waals surface area contributed by atoms with Crippen molar-refractivity contribution in [1.82, 2.24) is 4.31 Å². The maximum atomic E-state index is 14.0. The van der Waals surface area contributed by atoms with Crippen LogP contribution in [0.1, 0.15) is 29.8 Å². The molecule has 26 heavy (non-hydrogen) atoms. The molecule has 140 valence electrons. The Balaban J connectivity index is 2.26. The lowest BCUT2D eigenvalue weighted by Crippen LogP contribution is -2.30. The molecule has 0 bridgehead atoms. The van der Waals surface area contributed by atoms with Gasteiger partial charge in [0, 0.05) is 23.7 Å². The third-order valence-corrected chi connectivity index (χ3v) is 6.23. The maximum Gasteiger partial charge on any atom is 0.341 e. The van der Waals surface area contributed by atoms with Gasteiger partial charge in [0.2, 0.25) is 10.0 Å². The standard InChI is InChI=1S/C18H19ClFNO4S/c1-3-21(4-2)26(23,24)14-9-10-17(20)15(11-14)18(22)25-12-13-7-5-6-8-16(13)19/h5-11H,3-4,12H2,1-2H3. The lowest BCUT2D eigenvalue weighted by molar-refractivity contribution is 0.0467. The minimum Gasteiger partial charge on any atom is -0.457 e. The van der Waals surface area contributed by atoms with E-state index in [-0.39, 0.29) is 24.6 Å². The van der Waals surface area contributed by atoms with Crippen molar-refractivity contribution in [3.8, 4) is 0 Å². The Labute approximate surface area is 157 Å². The second-order valence-electron chi connectivity index (χ2n) is 5.40. The molecule has 5 nitrogen and oxygen atoms in total. The fourth-order valence-electron chi connectivity index (χ4n) is 2.37. The van der Waals surface area contributed by atoms with Crippen LogP contribution in [0.5, 0.6) is 0 Å². The zero-order valence-electron chi connectivity index (χ0n) is 14.4. The van der Waals surface area contributed by atoms with Crippen molar-refractivity contribution in [1.29, 1.82) is 0 Å². The molecule has 0 aromatic heterocycles. The van der Waals surface area contributed by atoms with Crippen LogP contribution >= 0.6 is 11.6 Å². The quantitative estimate of drug-likeness (QED) is 0.663. The van der Waals surface area contributed by atoms with Crippen molar-refractivity contribution < 1.29 is 22.3 Å². The highest BCUT2D eigenvalue weighted by Crippen LogP contribution is 2.21. The SMILES string of the molecule is CCN(CC)S(=O)(=O)c1ccc(F)c(C(=O)OCc2ccccc2Cl)c1. The Bertz CT molecular complexity index is 898. The summed E-state index contributed by atoms with van der Waals surface area (Å²) in [7, 11) is -3.81. The van der Waals surface area contributed by atoms with Gasteiger partial charge in [0.1, 0.15) is 12.4 Å². The first-order chi connectivity index (χ1) is 12.3. The van der Waals surface area contributed by atoms with E-state index in [4.69, 9.17) is 16.3 Å². The Morgan fingerprint density at radius 1 is 1.15 bits per heavy atom. The second-order valence-corrected chi connectivity index (χ2v) is 7.74. The van der Waals surface area contributed by atoms with Gasteiger partial charge in [-0.15, -0.1) is 0 Å². The van der Waals surface area contributed by atoms with E-state index in [1.165, 1.54) is 4.31 Å². The fraction of sp³-hybridized carbons (Fsp3) is 0.278. The number of esters is 1. The number of ether oxygens (including phenoxy) is 1.